The molecule has 1 fully saturated rings. The number of rotatable bonds is 11. The summed E-state index contributed by atoms with van der Waals surface area (Å²) in [5.74, 6) is -0.223. The Balaban J connectivity index is 1.77. The highest BCUT2D eigenvalue weighted by atomic mass is 16.6. The highest BCUT2D eigenvalue weighted by Crippen LogP contribution is 2.20. The monoisotopic (exact) mass is 389 g/mol. The van der Waals surface area contributed by atoms with E-state index < -0.39 is 6.10 Å². The van der Waals surface area contributed by atoms with E-state index in [0.717, 1.165) is 31.2 Å². The Labute approximate surface area is 167 Å². The number of amides is 1. The maximum Gasteiger partial charge on any atom is 0.331 e. The molecule has 6 heteroatoms. The Kier molecular flexibility index (Phi) is 9.72. The third-order valence-corrected chi connectivity index (χ3v) is 4.84. The van der Waals surface area contributed by atoms with Crippen molar-refractivity contribution in [3.05, 3.63) is 48.0 Å². The number of carbonyl (C=O) groups is 2. The molecule has 0 radical (unpaired) electrons. The summed E-state index contributed by atoms with van der Waals surface area (Å²) in [4.78, 5) is 25.2. The number of ether oxygens (including phenoxy) is 2. The third-order valence-electron chi connectivity index (χ3n) is 4.84. The van der Waals surface area contributed by atoms with Gasteiger partial charge in [-0.1, -0.05) is 42.5 Å². The summed E-state index contributed by atoms with van der Waals surface area (Å²) in [6, 6.07) is 9.90. The number of carbonyl (C=O) groups excluding carboxylic acids is 2. The number of likely N-dealkylation sites (tertiary alicyclic amines) is 1. The van der Waals surface area contributed by atoms with Crippen molar-refractivity contribution in [1.29, 1.82) is 0 Å². The minimum Gasteiger partial charge on any atom is -0.467 e. The minimum absolute atomic E-state index is 0.0302. The zero-order valence-electron chi connectivity index (χ0n) is 16.6. The maximum atomic E-state index is 12.3. The summed E-state index contributed by atoms with van der Waals surface area (Å²) in [6.07, 6.45) is 7.73. The molecule has 0 aromatic heterocycles. The van der Waals surface area contributed by atoms with Crippen molar-refractivity contribution in [3.8, 4) is 0 Å². The van der Waals surface area contributed by atoms with Crippen LogP contribution in [0.2, 0.25) is 0 Å². The SMILES string of the molecule is COC(=O)COCCCCN1C(=O)CCCC1/C=C/C(O)Cc1ccccc1. The van der Waals surface area contributed by atoms with Crippen LogP contribution in [0.5, 0.6) is 0 Å². The highest BCUT2D eigenvalue weighted by Gasteiger charge is 2.25. The molecular weight excluding hydrogens is 358 g/mol. The molecule has 154 valence electrons. The van der Waals surface area contributed by atoms with Crippen LogP contribution >= 0.6 is 0 Å². The van der Waals surface area contributed by atoms with Crippen LogP contribution in [0, 0.1) is 0 Å². The lowest BCUT2D eigenvalue weighted by atomic mass is 9.99. The molecule has 1 aliphatic rings. The fourth-order valence-electron chi connectivity index (χ4n) is 3.32. The third kappa shape index (κ3) is 7.82. The van der Waals surface area contributed by atoms with Crippen LogP contribution in [-0.4, -0.2) is 60.9 Å². The summed E-state index contributed by atoms with van der Waals surface area (Å²) in [5.41, 5.74) is 1.09. The lowest BCUT2D eigenvalue weighted by molar-refractivity contribution is -0.145. The Morgan fingerprint density at radius 3 is 2.86 bits per heavy atom. The van der Waals surface area contributed by atoms with E-state index in [4.69, 9.17) is 4.74 Å². The van der Waals surface area contributed by atoms with Crippen molar-refractivity contribution in [2.75, 3.05) is 26.9 Å². The van der Waals surface area contributed by atoms with E-state index in [9.17, 15) is 14.7 Å². The second-order valence-corrected chi connectivity index (χ2v) is 7.02. The van der Waals surface area contributed by atoms with Crippen LogP contribution in [-0.2, 0) is 25.5 Å². The van der Waals surface area contributed by atoms with Gasteiger partial charge in [0, 0.05) is 26.0 Å². The fraction of sp³-hybridized carbons (Fsp3) is 0.545. The minimum atomic E-state index is -0.562. The van der Waals surface area contributed by atoms with Crippen LogP contribution in [0.3, 0.4) is 0 Å². The molecule has 1 amide bonds. The number of hydrogen-bond acceptors (Lipinski definition) is 5. The number of hydrogen-bond donors (Lipinski definition) is 1. The number of methoxy groups -OCH3 is 1. The molecule has 1 N–H and O–H groups in total. The van der Waals surface area contributed by atoms with Crippen LogP contribution < -0.4 is 0 Å². The van der Waals surface area contributed by atoms with E-state index in [0.29, 0.717) is 26.0 Å². The average molecular weight is 389 g/mol. The molecule has 2 atom stereocenters. The Bertz CT molecular complexity index is 631. The Hall–Kier alpha value is -2.18. The Morgan fingerprint density at radius 2 is 2.11 bits per heavy atom. The second-order valence-electron chi connectivity index (χ2n) is 7.02. The van der Waals surface area contributed by atoms with Gasteiger partial charge in [-0.3, -0.25) is 4.79 Å². The molecule has 0 saturated carbocycles. The van der Waals surface area contributed by atoms with Crippen molar-refractivity contribution < 1.29 is 24.2 Å². The van der Waals surface area contributed by atoms with Crippen molar-refractivity contribution >= 4 is 11.9 Å². The lowest BCUT2D eigenvalue weighted by Crippen LogP contribution is -2.43. The average Bonchev–Trinajstić information content (AvgIpc) is 2.70. The van der Waals surface area contributed by atoms with Crippen LogP contribution in [0.1, 0.15) is 37.7 Å². The van der Waals surface area contributed by atoms with E-state index in [-0.39, 0.29) is 24.5 Å². The van der Waals surface area contributed by atoms with Gasteiger partial charge in [0.15, 0.2) is 0 Å². The largest absolute Gasteiger partial charge is 0.467 e. The predicted molar refractivity (Wildman–Crippen MR) is 107 cm³/mol. The van der Waals surface area contributed by atoms with Gasteiger partial charge in [0.05, 0.1) is 19.3 Å². The van der Waals surface area contributed by atoms with Gasteiger partial charge in [-0.15, -0.1) is 0 Å². The van der Waals surface area contributed by atoms with Crippen LogP contribution in [0.15, 0.2) is 42.5 Å². The van der Waals surface area contributed by atoms with E-state index in [1.807, 2.05) is 47.4 Å². The van der Waals surface area contributed by atoms with Gasteiger partial charge in [-0.05, 0) is 31.2 Å². The van der Waals surface area contributed by atoms with Crippen molar-refractivity contribution in [1.82, 2.24) is 4.90 Å². The zero-order valence-corrected chi connectivity index (χ0v) is 16.6. The summed E-state index contributed by atoms with van der Waals surface area (Å²) < 4.78 is 9.76. The number of nitrogens with zero attached hydrogens (tertiary/aromatic N) is 1. The molecule has 1 saturated heterocycles. The summed E-state index contributed by atoms with van der Waals surface area (Å²) in [7, 11) is 1.33. The number of benzene rings is 1. The van der Waals surface area contributed by atoms with Gasteiger partial charge < -0.3 is 19.5 Å². The Morgan fingerprint density at radius 1 is 1.32 bits per heavy atom. The summed E-state index contributed by atoms with van der Waals surface area (Å²) >= 11 is 0. The quantitative estimate of drug-likeness (QED) is 0.357. The molecule has 2 unspecified atom stereocenters. The maximum absolute atomic E-state index is 12.3. The highest BCUT2D eigenvalue weighted by molar-refractivity contribution is 5.77. The number of esters is 1. The van der Waals surface area contributed by atoms with Gasteiger partial charge >= 0.3 is 5.97 Å². The molecule has 0 spiro atoms. The van der Waals surface area contributed by atoms with E-state index in [1.165, 1.54) is 7.11 Å². The van der Waals surface area contributed by atoms with Crippen LogP contribution in [0.25, 0.3) is 0 Å². The number of aliphatic hydroxyl groups excluding tert-OH is 1. The predicted octanol–water partition coefficient (Wildman–Crippen LogP) is 2.50. The smallest absolute Gasteiger partial charge is 0.331 e. The molecule has 2 rings (SSSR count). The molecule has 1 heterocycles. The van der Waals surface area contributed by atoms with Crippen molar-refractivity contribution in [2.24, 2.45) is 0 Å². The molecule has 6 nitrogen and oxygen atoms in total. The topological polar surface area (TPSA) is 76.1 Å². The molecule has 0 aliphatic carbocycles. The number of aliphatic hydroxyl groups is 1. The molecule has 1 aromatic rings. The van der Waals surface area contributed by atoms with E-state index in [1.54, 1.807) is 0 Å². The summed E-state index contributed by atoms with van der Waals surface area (Å²) in [5, 5.41) is 10.3. The first-order chi connectivity index (χ1) is 13.6. The standard InChI is InChI=1S/C22H31NO5/c1-27-22(26)17-28-15-6-5-14-23-19(10-7-11-21(23)25)12-13-20(24)16-18-8-3-2-4-9-18/h2-4,8-9,12-13,19-20,24H,5-7,10-11,14-17H2,1H3/b13-12+. The second kappa shape index (κ2) is 12.3. The molecule has 28 heavy (non-hydrogen) atoms. The van der Waals surface area contributed by atoms with E-state index in [2.05, 4.69) is 4.74 Å². The van der Waals surface area contributed by atoms with Crippen LogP contribution in [0.4, 0.5) is 0 Å². The van der Waals surface area contributed by atoms with Gasteiger partial charge in [0.25, 0.3) is 0 Å². The summed E-state index contributed by atoms with van der Waals surface area (Å²) in [6.45, 7) is 1.08. The van der Waals surface area contributed by atoms with Crippen molar-refractivity contribution in [3.63, 3.8) is 0 Å². The van der Waals surface area contributed by atoms with Gasteiger partial charge in [-0.2, -0.15) is 0 Å². The number of unbranched alkanes of at least 4 members (excludes halogenated alkanes) is 1. The molecule has 1 aliphatic heterocycles. The molecule has 0 bridgehead atoms. The fourth-order valence-corrected chi connectivity index (χ4v) is 3.32. The first-order valence-corrected chi connectivity index (χ1v) is 9.94. The lowest BCUT2D eigenvalue weighted by Gasteiger charge is -2.34. The van der Waals surface area contributed by atoms with E-state index >= 15 is 0 Å². The normalized spacial score (nSPS) is 18.4. The van der Waals surface area contributed by atoms with Gasteiger partial charge in [0.1, 0.15) is 6.61 Å². The first kappa shape index (κ1) is 22.1. The van der Waals surface area contributed by atoms with Gasteiger partial charge in [0.2, 0.25) is 5.91 Å². The first-order valence-electron chi connectivity index (χ1n) is 9.94. The molecule has 1 aromatic carbocycles. The van der Waals surface area contributed by atoms with Crippen molar-refractivity contribution in [2.45, 2.75) is 50.7 Å². The van der Waals surface area contributed by atoms with Gasteiger partial charge in [-0.25, -0.2) is 4.79 Å². The number of piperidine rings is 1. The zero-order chi connectivity index (χ0) is 20.2. The molecular formula is C22H31NO5.